The minimum atomic E-state index is 0.142. The van der Waals surface area contributed by atoms with Crippen LogP contribution in [0.3, 0.4) is 0 Å². The van der Waals surface area contributed by atoms with Crippen molar-refractivity contribution in [1.29, 1.82) is 0 Å². The van der Waals surface area contributed by atoms with Crippen LogP contribution >= 0.6 is 11.6 Å². The van der Waals surface area contributed by atoms with Crippen molar-refractivity contribution >= 4 is 11.6 Å². The molecule has 1 saturated heterocycles. The van der Waals surface area contributed by atoms with E-state index < -0.39 is 0 Å². The SMILES string of the molecule is CCC(N)Cc1cccc(Cl)c1OCC1CCCO1. The van der Waals surface area contributed by atoms with Crippen LogP contribution in [0.25, 0.3) is 0 Å². The van der Waals surface area contributed by atoms with E-state index in [4.69, 9.17) is 26.8 Å². The summed E-state index contributed by atoms with van der Waals surface area (Å²) in [5.41, 5.74) is 7.10. The van der Waals surface area contributed by atoms with Gasteiger partial charge in [-0.3, -0.25) is 0 Å². The molecule has 19 heavy (non-hydrogen) atoms. The Morgan fingerprint density at radius 2 is 2.37 bits per heavy atom. The summed E-state index contributed by atoms with van der Waals surface area (Å²) in [5.74, 6) is 0.767. The first-order chi connectivity index (χ1) is 9.20. The molecular weight excluding hydrogens is 262 g/mol. The lowest BCUT2D eigenvalue weighted by molar-refractivity contribution is 0.0676. The summed E-state index contributed by atoms with van der Waals surface area (Å²) in [7, 11) is 0. The molecule has 1 aliphatic rings. The van der Waals surface area contributed by atoms with Gasteiger partial charge in [0.25, 0.3) is 0 Å². The van der Waals surface area contributed by atoms with Gasteiger partial charge in [0, 0.05) is 12.6 Å². The molecule has 2 N–H and O–H groups in total. The van der Waals surface area contributed by atoms with Gasteiger partial charge in [-0.05, 0) is 37.3 Å². The molecule has 0 saturated carbocycles. The van der Waals surface area contributed by atoms with E-state index in [0.717, 1.165) is 43.6 Å². The fraction of sp³-hybridized carbons (Fsp3) is 0.600. The number of rotatable bonds is 6. The minimum absolute atomic E-state index is 0.142. The summed E-state index contributed by atoms with van der Waals surface area (Å²) < 4.78 is 11.4. The van der Waals surface area contributed by atoms with Crippen LogP contribution in [0.2, 0.25) is 5.02 Å². The molecule has 3 nitrogen and oxygen atoms in total. The van der Waals surface area contributed by atoms with Crippen molar-refractivity contribution in [3.05, 3.63) is 28.8 Å². The van der Waals surface area contributed by atoms with Crippen molar-refractivity contribution in [2.45, 2.75) is 44.8 Å². The predicted octanol–water partition coefficient (Wildman–Crippen LogP) is 3.18. The predicted molar refractivity (Wildman–Crippen MR) is 77.9 cm³/mol. The van der Waals surface area contributed by atoms with E-state index >= 15 is 0 Å². The molecule has 0 spiro atoms. The topological polar surface area (TPSA) is 44.5 Å². The molecule has 2 rings (SSSR count). The zero-order valence-electron chi connectivity index (χ0n) is 11.4. The lowest BCUT2D eigenvalue weighted by Crippen LogP contribution is -2.22. The second kappa shape index (κ2) is 7.13. The van der Waals surface area contributed by atoms with Crippen LogP contribution in [0, 0.1) is 0 Å². The molecule has 0 aliphatic carbocycles. The van der Waals surface area contributed by atoms with E-state index in [1.165, 1.54) is 0 Å². The van der Waals surface area contributed by atoms with Gasteiger partial charge in [0.1, 0.15) is 12.4 Å². The zero-order chi connectivity index (χ0) is 13.7. The highest BCUT2D eigenvalue weighted by Gasteiger charge is 2.18. The third kappa shape index (κ3) is 4.10. The molecule has 1 heterocycles. The molecule has 0 aromatic heterocycles. The highest BCUT2D eigenvalue weighted by molar-refractivity contribution is 6.32. The monoisotopic (exact) mass is 283 g/mol. The van der Waals surface area contributed by atoms with Gasteiger partial charge < -0.3 is 15.2 Å². The van der Waals surface area contributed by atoms with E-state index in [2.05, 4.69) is 6.92 Å². The van der Waals surface area contributed by atoms with Crippen LogP contribution in [0.4, 0.5) is 0 Å². The molecule has 0 bridgehead atoms. The Morgan fingerprint density at radius 1 is 1.53 bits per heavy atom. The highest BCUT2D eigenvalue weighted by atomic mass is 35.5. The van der Waals surface area contributed by atoms with E-state index in [9.17, 15) is 0 Å². The zero-order valence-corrected chi connectivity index (χ0v) is 12.2. The normalized spacial score (nSPS) is 20.5. The van der Waals surface area contributed by atoms with Gasteiger partial charge in [-0.1, -0.05) is 30.7 Å². The first-order valence-electron chi connectivity index (χ1n) is 6.98. The smallest absolute Gasteiger partial charge is 0.141 e. The number of halogens is 1. The van der Waals surface area contributed by atoms with Gasteiger partial charge in [-0.2, -0.15) is 0 Å². The summed E-state index contributed by atoms with van der Waals surface area (Å²) in [4.78, 5) is 0. The number of hydrogen-bond acceptors (Lipinski definition) is 3. The summed E-state index contributed by atoms with van der Waals surface area (Å²) in [6.45, 7) is 3.49. The first-order valence-corrected chi connectivity index (χ1v) is 7.36. The van der Waals surface area contributed by atoms with Gasteiger partial charge in [0.15, 0.2) is 0 Å². The van der Waals surface area contributed by atoms with Gasteiger partial charge in [0.2, 0.25) is 0 Å². The quantitative estimate of drug-likeness (QED) is 0.872. The third-order valence-corrected chi connectivity index (χ3v) is 3.79. The number of hydrogen-bond donors (Lipinski definition) is 1. The average Bonchev–Trinajstić information content (AvgIpc) is 2.91. The molecule has 2 atom stereocenters. The number of benzene rings is 1. The Labute approximate surface area is 120 Å². The fourth-order valence-corrected chi connectivity index (χ4v) is 2.50. The molecule has 1 aromatic carbocycles. The van der Waals surface area contributed by atoms with E-state index in [1.54, 1.807) is 0 Å². The second-order valence-corrected chi connectivity index (χ2v) is 5.45. The summed E-state index contributed by atoms with van der Waals surface area (Å²) in [5, 5.41) is 0.652. The van der Waals surface area contributed by atoms with Gasteiger partial charge >= 0.3 is 0 Å². The van der Waals surface area contributed by atoms with Crippen molar-refractivity contribution in [3.63, 3.8) is 0 Å². The van der Waals surface area contributed by atoms with Crippen molar-refractivity contribution in [2.24, 2.45) is 5.73 Å². The van der Waals surface area contributed by atoms with Crippen LogP contribution in [0.5, 0.6) is 5.75 Å². The molecule has 106 valence electrons. The van der Waals surface area contributed by atoms with E-state index in [-0.39, 0.29) is 12.1 Å². The van der Waals surface area contributed by atoms with Crippen LogP contribution in [0.1, 0.15) is 31.7 Å². The lowest BCUT2D eigenvalue weighted by atomic mass is 10.0. The van der Waals surface area contributed by atoms with Crippen molar-refractivity contribution in [2.75, 3.05) is 13.2 Å². The molecule has 2 unspecified atom stereocenters. The molecule has 1 aromatic rings. The molecule has 0 radical (unpaired) electrons. The minimum Gasteiger partial charge on any atom is -0.489 e. The van der Waals surface area contributed by atoms with E-state index in [0.29, 0.717) is 11.6 Å². The van der Waals surface area contributed by atoms with Crippen molar-refractivity contribution < 1.29 is 9.47 Å². The Morgan fingerprint density at radius 3 is 3.05 bits per heavy atom. The van der Waals surface area contributed by atoms with Crippen LogP contribution in [-0.2, 0) is 11.2 Å². The van der Waals surface area contributed by atoms with Gasteiger partial charge in [-0.25, -0.2) is 0 Å². The maximum Gasteiger partial charge on any atom is 0.141 e. The van der Waals surface area contributed by atoms with Crippen molar-refractivity contribution in [1.82, 2.24) is 0 Å². The second-order valence-electron chi connectivity index (χ2n) is 5.05. The molecular formula is C15H22ClNO2. The largest absolute Gasteiger partial charge is 0.489 e. The van der Waals surface area contributed by atoms with Gasteiger partial charge in [-0.15, -0.1) is 0 Å². The summed E-state index contributed by atoms with van der Waals surface area (Å²) in [6, 6.07) is 5.97. The molecule has 1 fully saturated rings. The fourth-order valence-electron chi connectivity index (χ4n) is 2.25. The summed E-state index contributed by atoms with van der Waals surface area (Å²) in [6.07, 6.45) is 4.11. The Bertz CT molecular complexity index is 405. The number of ether oxygens (including phenoxy) is 2. The Balaban J connectivity index is 2.03. The van der Waals surface area contributed by atoms with E-state index in [1.807, 2.05) is 18.2 Å². The Kier molecular flexibility index (Phi) is 5.49. The molecule has 1 aliphatic heterocycles. The first kappa shape index (κ1) is 14.6. The van der Waals surface area contributed by atoms with Crippen LogP contribution in [-0.4, -0.2) is 25.4 Å². The van der Waals surface area contributed by atoms with Crippen LogP contribution < -0.4 is 10.5 Å². The average molecular weight is 284 g/mol. The lowest BCUT2D eigenvalue weighted by Gasteiger charge is -2.17. The standard InChI is InChI=1S/C15H22ClNO2/c1-2-12(17)9-11-5-3-7-14(16)15(11)19-10-13-6-4-8-18-13/h3,5,7,12-13H,2,4,6,8-10,17H2,1H3. The maximum absolute atomic E-state index is 6.23. The number of para-hydroxylation sites is 1. The van der Waals surface area contributed by atoms with Crippen LogP contribution in [0.15, 0.2) is 18.2 Å². The highest BCUT2D eigenvalue weighted by Crippen LogP contribution is 2.30. The summed E-state index contributed by atoms with van der Waals surface area (Å²) >= 11 is 6.23. The maximum atomic E-state index is 6.23. The molecule has 0 amide bonds. The molecule has 4 heteroatoms. The third-order valence-electron chi connectivity index (χ3n) is 3.49. The Hall–Kier alpha value is -0.770. The number of nitrogens with two attached hydrogens (primary N) is 1. The van der Waals surface area contributed by atoms with Crippen molar-refractivity contribution in [3.8, 4) is 5.75 Å². The van der Waals surface area contributed by atoms with Gasteiger partial charge in [0.05, 0.1) is 11.1 Å².